The molecular formula is C34H26F2N6O5. The summed E-state index contributed by atoms with van der Waals surface area (Å²) in [7, 11) is 0. The topological polar surface area (TPSA) is 141 Å². The number of hydrogen-bond acceptors (Lipinski definition) is 7. The molecule has 0 atom stereocenters. The molecule has 1 fully saturated rings. The lowest BCUT2D eigenvalue weighted by Crippen LogP contribution is -2.45. The minimum absolute atomic E-state index is 0.0237. The molecule has 4 aromatic heterocycles. The molecule has 2 N–H and O–H groups in total. The van der Waals surface area contributed by atoms with Crippen LogP contribution in [0.25, 0.3) is 33.5 Å². The van der Waals surface area contributed by atoms with Crippen molar-refractivity contribution < 1.29 is 23.5 Å². The molecule has 0 saturated heterocycles. The SMILES string of the molecule is O=Cc1cc(O)ccc1-c1cccc(-n2c(=O)n([C@H]3CC[C@@H](NC(=O)c4cn5cc(F)ccc5n4)CC3)c(=O)c3cc(F)cnc32)c1. The van der Waals surface area contributed by atoms with Crippen molar-refractivity contribution in [2.24, 2.45) is 0 Å². The predicted octanol–water partition coefficient (Wildman–Crippen LogP) is 4.57. The van der Waals surface area contributed by atoms with Gasteiger partial charge in [0.2, 0.25) is 0 Å². The van der Waals surface area contributed by atoms with E-state index in [4.69, 9.17) is 0 Å². The summed E-state index contributed by atoms with van der Waals surface area (Å²) < 4.78 is 31.8. The molecule has 7 rings (SSSR count). The number of rotatable bonds is 6. The van der Waals surface area contributed by atoms with Crippen LogP contribution in [0.4, 0.5) is 8.78 Å². The average molecular weight is 637 g/mol. The van der Waals surface area contributed by atoms with Crippen LogP contribution >= 0.6 is 0 Å². The van der Waals surface area contributed by atoms with Crippen LogP contribution in [-0.2, 0) is 0 Å². The fourth-order valence-corrected chi connectivity index (χ4v) is 6.27. The fraction of sp³-hybridized carbons (Fsp3) is 0.176. The molecule has 6 aromatic rings. The highest BCUT2D eigenvalue weighted by Gasteiger charge is 2.28. The summed E-state index contributed by atoms with van der Waals surface area (Å²) in [5.74, 6) is -1.69. The molecule has 4 heterocycles. The molecule has 0 radical (unpaired) electrons. The number of hydrogen-bond donors (Lipinski definition) is 2. The van der Waals surface area contributed by atoms with Gasteiger partial charge in [-0.15, -0.1) is 0 Å². The Labute approximate surface area is 264 Å². The number of fused-ring (bicyclic) bond motifs is 2. The lowest BCUT2D eigenvalue weighted by molar-refractivity contribution is 0.0917. The monoisotopic (exact) mass is 636 g/mol. The Morgan fingerprint density at radius 1 is 0.957 bits per heavy atom. The second-order valence-electron chi connectivity index (χ2n) is 11.5. The number of halogens is 2. The maximum Gasteiger partial charge on any atom is 0.337 e. The zero-order chi connectivity index (χ0) is 32.8. The molecule has 1 aliphatic rings. The maximum absolute atomic E-state index is 14.4. The van der Waals surface area contributed by atoms with Crippen molar-refractivity contribution in [2.45, 2.75) is 37.8 Å². The number of aldehydes is 1. The quantitative estimate of drug-likeness (QED) is 0.255. The van der Waals surface area contributed by atoms with E-state index < -0.39 is 34.8 Å². The molecule has 236 valence electrons. The summed E-state index contributed by atoms with van der Waals surface area (Å²) in [5, 5.41) is 12.7. The van der Waals surface area contributed by atoms with Crippen LogP contribution in [0.15, 0.2) is 88.8 Å². The average Bonchev–Trinajstić information content (AvgIpc) is 3.49. The number of aromatic hydroxyl groups is 1. The van der Waals surface area contributed by atoms with Gasteiger partial charge in [0, 0.05) is 30.0 Å². The number of phenols is 1. The van der Waals surface area contributed by atoms with E-state index in [1.165, 1.54) is 45.6 Å². The van der Waals surface area contributed by atoms with Crippen LogP contribution < -0.4 is 16.6 Å². The molecule has 0 spiro atoms. The molecule has 0 unspecified atom stereocenters. The van der Waals surface area contributed by atoms with Crippen molar-refractivity contribution in [3.8, 4) is 22.6 Å². The lowest BCUT2D eigenvalue weighted by Gasteiger charge is -2.30. The van der Waals surface area contributed by atoms with Crippen LogP contribution in [0.1, 0.15) is 52.6 Å². The zero-order valence-electron chi connectivity index (χ0n) is 24.6. The van der Waals surface area contributed by atoms with Gasteiger partial charge in [-0.2, -0.15) is 0 Å². The van der Waals surface area contributed by atoms with E-state index in [2.05, 4.69) is 15.3 Å². The van der Waals surface area contributed by atoms with E-state index in [-0.39, 0.29) is 34.1 Å². The van der Waals surface area contributed by atoms with Gasteiger partial charge in [-0.3, -0.25) is 19.0 Å². The van der Waals surface area contributed by atoms with Gasteiger partial charge in [0.1, 0.15) is 28.7 Å². The van der Waals surface area contributed by atoms with E-state index in [0.717, 1.165) is 16.8 Å². The van der Waals surface area contributed by atoms with Gasteiger partial charge in [-0.25, -0.2) is 28.1 Å². The third-order valence-corrected chi connectivity index (χ3v) is 8.51. The first-order valence-corrected chi connectivity index (χ1v) is 14.9. The summed E-state index contributed by atoms with van der Waals surface area (Å²) in [6.07, 6.45) is 5.88. The third kappa shape index (κ3) is 5.45. The number of imidazole rings is 1. The van der Waals surface area contributed by atoms with Crippen LogP contribution in [-0.4, -0.2) is 46.8 Å². The Morgan fingerprint density at radius 2 is 1.77 bits per heavy atom. The zero-order valence-corrected chi connectivity index (χ0v) is 24.6. The molecule has 1 aliphatic carbocycles. The van der Waals surface area contributed by atoms with Crippen molar-refractivity contribution in [3.05, 3.63) is 123 Å². The first kappa shape index (κ1) is 29.7. The molecule has 0 bridgehead atoms. The molecule has 13 heteroatoms. The molecule has 11 nitrogen and oxygen atoms in total. The second kappa shape index (κ2) is 11.7. The van der Waals surface area contributed by atoms with Gasteiger partial charge in [0.25, 0.3) is 11.5 Å². The number of benzene rings is 2. The van der Waals surface area contributed by atoms with Gasteiger partial charge in [-0.1, -0.05) is 12.1 Å². The summed E-state index contributed by atoms with van der Waals surface area (Å²) in [6.45, 7) is 0. The number of nitrogens with zero attached hydrogens (tertiary/aromatic N) is 5. The Bertz CT molecular complexity index is 2340. The smallest absolute Gasteiger partial charge is 0.337 e. The number of amides is 1. The molecule has 2 aromatic carbocycles. The van der Waals surface area contributed by atoms with Gasteiger partial charge < -0.3 is 14.8 Å². The van der Waals surface area contributed by atoms with Gasteiger partial charge in [0.05, 0.1) is 17.3 Å². The van der Waals surface area contributed by atoms with Crippen molar-refractivity contribution in [1.82, 2.24) is 28.8 Å². The summed E-state index contributed by atoms with van der Waals surface area (Å²) >= 11 is 0. The normalized spacial score (nSPS) is 16.4. The number of pyridine rings is 2. The van der Waals surface area contributed by atoms with Crippen LogP contribution in [0, 0.1) is 11.6 Å². The van der Waals surface area contributed by atoms with Crippen molar-refractivity contribution in [3.63, 3.8) is 0 Å². The van der Waals surface area contributed by atoms with E-state index in [1.807, 2.05) is 0 Å². The molecular weight excluding hydrogens is 610 g/mol. The number of phenolic OH excluding ortho intramolecular Hbond substituents is 1. The van der Waals surface area contributed by atoms with Crippen LogP contribution in [0.2, 0.25) is 0 Å². The predicted molar refractivity (Wildman–Crippen MR) is 168 cm³/mol. The van der Waals surface area contributed by atoms with Gasteiger partial charge in [0.15, 0.2) is 11.9 Å². The Hall–Kier alpha value is -5.98. The number of nitrogens with one attached hydrogen (secondary N) is 1. The Kier molecular flexibility index (Phi) is 7.43. The largest absolute Gasteiger partial charge is 0.508 e. The highest BCUT2D eigenvalue weighted by molar-refractivity contribution is 5.93. The van der Waals surface area contributed by atoms with E-state index >= 15 is 0 Å². The highest BCUT2D eigenvalue weighted by Crippen LogP contribution is 2.30. The summed E-state index contributed by atoms with van der Waals surface area (Å²) in [5.41, 5.74) is 0.861. The maximum atomic E-state index is 14.4. The first-order valence-electron chi connectivity index (χ1n) is 14.9. The highest BCUT2D eigenvalue weighted by atomic mass is 19.1. The lowest BCUT2D eigenvalue weighted by atomic mass is 9.90. The molecule has 0 aliphatic heterocycles. The minimum atomic E-state index is -0.735. The fourth-order valence-electron chi connectivity index (χ4n) is 6.27. The van der Waals surface area contributed by atoms with Crippen molar-refractivity contribution in [2.75, 3.05) is 0 Å². The number of carbonyl (C=O) groups is 2. The Morgan fingerprint density at radius 3 is 2.55 bits per heavy atom. The van der Waals surface area contributed by atoms with Crippen LogP contribution in [0.5, 0.6) is 5.75 Å². The van der Waals surface area contributed by atoms with E-state index in [0.29, 0.717) is 54.4 Å². The molecule has 1 saturated carbocycles. The van der Waals surface area contributed by atoms with Crippen molar-refractivity contribution in [1.29, 1.82) is 0 Å². The van der Waals surface area contributed by atoms with Crippen LogP contribution in [0.3, 0.4) is 0 Å². The van der Waals surface area contributed by atoms with Gasteiger partial charge in [-0.05, 0) is 85.3 Å². The third-order valence-electron chi connectivity index (χ3n) is 8.51. The summed E-state index contributed by atoms with van der Waals surface area (Å²) in [4.78, 5) is 60.9. The second-order valence-corrected chi connectivity index (χ2v) is 11.5. The minimum Gasteiger partial charge on any atom is -0.508 e. The molecule has 1 amide bonds. The summed E-state index contributed by atoms with van der Waals surface area (Å²) in [6, 6.07) is 14.1. The van der Waals surface area contributed by atoms with Crippen molar-refractivity contribution >= 4 is 28.9 Å². The van der Waals surface area contributed by atoms with E-state index in [1.54, 1.807) is 30.3 Å². The number of carbonyl (C=O) groups excluding carboxylic acids is 2. The van der Waals surface area contributed by atoms with E-state index in [9.17, 15) is 33.1 Å². The number of aromatic nitrogens is 5. The van der Waals surface area contributed by atoms with Gasteiger partial charge >= 0.3 is 5.69 Å². The first-order chi connectivity index (χ1) is 22.7. The Balaban J connectivity index is 1.21. The standard InChI is InChI=1S/C34H26F2N6O5/c35-21-4-11-30-39-29(17-40(30)16-21)32(45)38-23-5-7-24(8-6-23)42-33(46)28-14-22(36)15-37-31(28)41(34(42)47)25-3-1-2-19(12-25)27-10-9-26(44)13-20(27)18-43/h1-4,9-18,23-24,44H,5-8H2,(H,38,45)/t23-,24+. The molecule has 47 heavy (non-hydrogen) atoms.